The van der Waals surface area contributed by atoms with Gasteiger partial charge in [0.2, 0.25) is 0 Å². The molecular weight excluding hydrogens is 300 g/mol. The molecule has 9 heteroatoms. The molecule has 14 heavy (non-hydrogen) atoms. The second kappa shape index (κ2) is 3.37. The van der Waals surface area contributed by atoms with Crippen LogP contribution in [-0.4, -0.2) is 4.98 Å². The molecule has 1 nitrogen and oxygen atoms in total. The Balaban J connectivity index is 3.19. The Hall–Kier alpha value is -0.310. The molecule has 0 fully saturated rings. The molecule has 0 atom stereocenters. The van der Waals surface area contributed by atoms with Gasteiger partial charge in [0.15, 0.2) is 10.7 Å². The van der Waals surface area contributed by atoms with Crippen molar-refractivity contribution in [2.75, 3.05) is 0 Å². The standard InChI is InChI=1S/C5BrF6NS/c6-2-1(4(7,8)9)13-3(14-2)5(10,11)12. The summed E-state index contributed by atoms with van der Waals surface area (Å²) in [6.07, 6.45) is -9.73. The van der Waals surface area contributed by atoms with Crippen LogP contribution in [0.2, 0.25) is 0 Å². The molecule has 0 spiro atoms. The summed E-state index contributed by atoms with van der Waals surface area (Å²) in [7, 11) is 0. The molecule has 1 aromatic heterocycles. The lowest BCUT2D eigenvalue weighted by atomic mass is 10.5. The molecule has 0 aliphatic rings. The van der Waals surface area contributed by atoms with Crippen molar-refractivity contribution in [3.8, 4) is 0 Å². The Bertz CT molecular complexity index is 339. The molecule has 0 saturated carbocycles. The average Bonchev–Trinajstić information content (AvgIpc) is 2.27. The molecule has 1 rings (SSSR count). The lowest BCUT2D eigenvalue weighted by Crippen LogP contribution is -2.09. The number of halogens is 7. The molecule has 0 aliphatic carbocycles. The average molecular weight is 300 g/mol. The fourth-order valence-corrected chi connectivity index (χ4v) is 2.05. The van der Waals surface area contributed by atoms with Crippen LogP contribution < -0.4 is 0 Å². The number of hydrogen-bond donors (Lipinski definition) is 0. The maximum absolute atomic E-state index is 12.0. The molecule has 0 radical (unpaired) electrons. The van der Waals surface area contributed by atoms with E-state index >= 15 is 0 Å². The Morgan fingerprint density at radius 3 is 1.71 bits per heavy atom. The van der Waals surface area contributed by atoms with Crippen molar-refractivity contribution < 1.29 is 26.3 Å². The third-order valence-electron chi connectivity index (χ3n) is 1.10. The van der Waals surface area contributed by atoms with Crippen LogP contribution in [0, 0.1) is 0 Å². The zero-order chi connectivity index (χ0) is 11.1. The Morgan fingerprint density at radius 1 is 1.00 bits per heavy atom. The molecule has 0 N–H and O–H groups in total. The third-order valence-corrected chi connectivity index (χ3v) is 2.85. The summed E-state index contributed by atoms with van der Waals surface area (Å²) in [6.45, 7) is 0. The van der Waals surface area contributed by atoms with Crippen LogP contribution in [0.5, 0.6) is 0 Å². The van der Waals surface area contributed by atoms with Gasteiger partial charge in [-0.25, -0.2) is 4.98 Å². The van der Waals surface area contributed by atoms with Crippen molar-refractivity contribution >= 4 is 27.3 Å². The van der Waals surface area contributed by atoms with Gasteiger partial charge in [0.1, 0.15) is 3.79 Å². The van der Waals surface area contributed by atoms with Gasteiger partial charge in [-0.05, 0) is 15.9 Å². The van der Waals surface area contributed by atoms with Gasteiger partial charge in [0, 0.05) is 0 Å². The smallest absolute Gasteiger partial charge is 0.226 e. The number of thiazole rings is 1. The molecule has 0 saturated heterocycles. The van der Waals surface area contributed by atoms with E-state index in [9.17, 15) is 26.3 Å². The first-order valence-electron chi connectivity index (χ1n) is 2.93. The normalized spacial score (nSPS) is 13.4. The van der Waals surface area contributed by atoms with Crippen molar-refractivity contribution in [3.63, 3.8) is 0 Å². The quantitative estimate of drug-likeness (QED) is 0.661. The SMILES string of the molecule is FC(F)(F)c1nc(C(F)(F)F)c(Br)s1. The molecule has 1 aromatic rings. The van der Waals surface area contributed by atoms with Crippen molar-refractivity contribution in [2.24, 2.45) is 0 Å². The molecule has 0 unspecified atom stereocenters. The van der Waals surface area contributed by atoms with E-state index in [0.717, 1.165) is 0 Å². The number of rotatable bonds is 0. The minimum absolute atomic E-state index is 0.0913. The van der Waals surface area contributed by atoms with Gasteiger partial charge in [0.25, 0.3) is 0 Å². The summed E-state index contributed by atoms with van der Waals surface area (Å²) < 4.78 is 71.1. The predicted molar refractivity (Wildman–Crippen MR) is 39.8 cm³/mol. The Labute approximate surface area is 85.9 Å². The fraction of sp³-hybridized carbons (Fsp3) is 0.400. The van der Waals surface area contributed by atoms with Crippen molar-refractivity contribution in [1.82, 2.24) is 4.98 Å². The lowest BCUT2D eigenvalue weighted by molar-refractivity contribution is -0.147. The summed E-state index contributed by atoms with van der Waals surface area (Å²) in [6, 6.07) is 0. The van der Waals surface area contributed by atoms with Gasteiger partial charge < -0.3 is 0 Å². The third kappa shape index (κ3) is 2.38. The van der Waals surface area contributed by atoms with Crippen LogP contribution in [0.1, 0.15) is 10.7 Å². The molecule has 0 amide bonds. The van der Waals surface area contributed by atoms with Crippen LogP contribution in [-0.2, 0) is 12.4 Å². The predicted octanol–water partition coefficient (Wildman–Crippen LogP) is 3.94. The van der Waals surface area contributed by atoms with Gasteiger partial charge in [-0.15, -0.1) is 11.3 Å². The summed E-state index contributed by atoms with van der Waals surface area (Å²) in [5.41, 5.74) is -1.55. The lowest BCUT2D eigenvalue weighted by Gasteiger charge is -2.02. The van der Waals surface area contributed by atoms with Crippen LogP contribution in [0.15, 0.2) is 3.79 Å². The monoisotopic (exact) mass is 299 g/mol. The first kappa shape index (κ1) is 11.8. The number of hydrogen-bond acceptors (Lipinski definition) is 2. The van der Waals surface area contributed by atoms with Crippen LogP contribution in [0.3, 0.4) is 0 Å². The first-order chi connectivity index (χ1) is 6.12. The second-order valence-electron chi connectivity index (χ2n) is 2.14. The van der Waals surface area contributed by atoms with E-state index in [1.54, 1.807) is 0 Å². The van der Waals surface area contributed by atoms with Gasteiger partial charge in [-0.1, -0.05) is 0 Å². The maximum Gasteiger partial charge on any atom is 0.443 e. The number of alkyl halides is 6. The second-order valence-corrected chi connectivity index (χ2v) is 4.45. The van der Waals surface area contributed by atoms with E-state index < -0.39 is 26.8 Å². The van der Waals surface area contributed by atoms with Gasteiger partial charge in [-0.2, -0.15) is 26.3 Å². The van der Waals surface area contributed by atoms with E-state index in [-0.39, 0.29) is 11.3 Å². The fourth-order valence-electron chi connectivity index (χ4n) is 0.598. The molecule has 0 aliphatic heterocycles. The summed E-state index contributed by atoms with van der Waals surface area (Å²) in [5.74, 6) is 0. The van der Waals surface area contributed by atoms with E-state index in [0.29, 0.717) is 0 Å². The Kier molecular flexibility index (Phi) is 2.83. The van der Waals surface area contributed by atoms with E-state index in [2.05, 4.69) is 20.9 Å². The summed E-state index contributed by atoms with van der Waals surface area (Å²) in [4.78, 5) is 2.47. The molecule has 1 heterocycles. The van der Waals surface area contributed by atoms with Crippen molar-refractivity contribution in [1.29, 1.82) is 0 Å². The van der Waals surface area contributed by atoms with Crippen LogP contribution in [0.4, 0.5) is 26.3 Å². The minimum Gasteiger partial charge on any atom is -0.226 e. The zero-order valence-electron chi connectivity index (χ0n) is 6.00. The highest BCUT2D eigenvalue weighted by atomic mass is 79.9. The summed E-state index contributed by atoms with van der Waals surface area (Å²) >= 11 is 2.29. The van der Waals surface area contributed by atoms with Crippen molar-refractivity contribution in [2.45, 2.75) is 12.4 Å². The number of aromatic nitrogens is 1. The largest absolute Gasteiger partial charge is 0.443 e. The van der Waals surface area contributed by atoms with E-state index in [4.69, 9.17) is 0 Å². The van der Waals surface area contributed by atoms with Crippen LogP contribution in [0.25, 0.3) is 0 Å². The van der Waals surface area contributed by atoms with E-state index in [1.807, 2.05) is 0 Å². The highest BCUT2D eigenvalue weighted by molar-refractivity contribution is 9.11. The van der Waals surface area contributed by atoms with E-state index in [1.165, 1.54) is 0 Å². The zero-order valence-corrected chi connectivity index (χ0v) is 8.40. The topological polar surface area (TPSA) is 12.9 Å². The molecular formula is C5BrF6NS. The minimum atomic E-state index is -4.88. The molecule has 80 valence electrons. The molecule has 0 bridgehead atoms. The van der Waals surface area contributed by atoms with Gasteiger partial charge in [0.05, 0.1) is 0 Å². The summed E-state index contributed by atoms with van der Waals surface area (Å²) in [5, 5.41) is -1.52. The maximum atomic E-state index is 12.0. The number of nitrogens with zero attached hydrogens (tertiary/aromatic N) is 1. The molecule has 0 aromatic carbocycles. The van der Waals surface area contributed by atoms with Crippen molar-refractivity contribution in [3.05, 3.63) is 14.5 Å². The van der Waals surface area contributed by atoms with Crippen LogP contribution >= 0.6 is 27.3 Å². The van der Waals surface area contributed by atoms with Gasteiger partial charge >= 0.3 is 12.4 Å². The highest BCUT2D eigenvalue weighted by Crippen LogP contribution is 2.42. The first-order valence-corrected chi connectivity index (χ1v) is 4.54. The Morgan fingerprint density at radius 2 is 1.50 bits per heavy atom. The van der Waals surface area contributed by atoms with Gasteiger partial charge in [-0.3, -0.25) is 0 Å². The highest BCUT2D eigenvalue weighted by Gasteiger charge is 2.42.